The fraction of sp³-hybridized carbons (Fsp3) is 0.222. The van der Waals surface area contributed by atoms with E-state index in [1.165, 1.54) is 84.2 Å². The summed E-state index contributed by atoms with van der Waals surface area (Å²) in [6.45, 7) is 0.391. The van der Waals surface area contributed by atoms with E-state index in [1.54, 1.807) is 24.3 Å². The minimum Gasteiger partial charge on any atom is -0.464 e. The molecule has 0 aliphatic carbocycles. The van der Waals surface area contributed by atoms with E-state index in [4.69, 9.17) is 9.47 Å². The largest absolute Gasteiger partial charge is 0.464 e. The molecular formula is C36H36N4O12S4. The van der Waals surface area contributed by atoms with Crippen LogP contribution in [0.2, 0.25) is 0 Å². The number of hydrogen-bond acceptors (Lipinski definition) is 14. The van der Waals surface area contributed by atoms with Gasteiger partial charge in [-0.05, 0) is 71.8 Å². The third kappa shape index (κ3) is 9.32. The Bertz CT molecular complexity index is 2950. The smallest absolute Gasteiger partial charge is 0.359 e. The lowest BCUT2D eigenvalue weighted by atomic mass is 10.2. The molecule has 56 heavy (non-hydrogen) atoms. The Morgan fingerprint density at radius 3 is 1.38 bits per heavy atom. The van der Waals surface area contributed by atoms with Crippen LogP contribution in [-0.2, 0) is 61.9 Å². The molecule has 0 atom stereocenters. The lowest BCUT2D eigenvalue weighted by Gasteiger charge is -2.07. The fourth-order valence-electron chi connectivity index (χ4n) is 5.55. The summed E-state index contributed by atoms with van der Waals surface area (Å²) in [4.78, 5) is 24.9. The number of fused-ring (bicyclic) bond motifs is 2. The van der Waals surface area contributed by atoms with Gasteiger partial charge in [0.25, 0.3) is 0 Å². The average molecular weight is 845 g/mol. The number of hydrogen-bond donors (Lipinski definition) is 0. The molecule has 0 unspecified atom stereocenters. The Kier molecular flexibility index (Phi) is 11.6. The van der Waals surface area contributed by atoms with E-state index in [9.17, 15) is 43.3 Å². The van der Waals surface area contributed by atoms with Crippen molar-refractivity contribution in [2.24, 2.45) is 0 Å². The van der Waals surface area contributed by atoms with Gasteiger partial charge in [-0.3, -0.25) is 9.36 Å². The van der Waals surface area contributed by atoms with Crippen LogP contribution in [0.1, 0.15) is 32.1 Å². The Morgan fingerprint density at radius 1 is 0.518 bits per heavy atom. The van der Waals surface area contributed by atoms with Gasteiger partial charge in [-0.25, -0.2) is 43.3 Å². The van der Waals surface area contributed by atoms with Crippen LogP contribution in [0.3, 0.4) is 0 Å². The molecule has 2 aromatic heterocycles. The van der Waals surface area contributed by atoms with Crippen LogP contribution in [-0.4, -0.2) is 104 Å². The Labute approximate surface area is 323 Å². The van der Waals surface area contributed by atoms with Gasteiger partial charge in [0.2, 0.25) is 0 Å². The number of methoxy groups -OCH3 is 2. The van der Waals surface area contributed by atoms with Crippen LogP contribution in [0.15, 0.2) is 105 Å². The second-order valence-electron chi connectivity index (χ2n) is 12.7. The SMILES string of the molecule is COC(=O)c1c2ccc(S(C)(=O)=O)cc2nn1Cc1ccc(S(C)(=O)=O)cc1.COC(=O)c1nn(Cc2ccc(S(C)(=O)=O)cc2)c2cc(S(C)(=O)=O)ccc12. The molecule has 0 aliphatic rings. The predicted octanol–water partition coefficient (Wildman–Crippen LogP) is 3.36. The highest BCUT2D eigenvalue weighted by atomic mass is 32.2. The molecule has 2 heterocycles. The van der Waals surface area contributed by atoms with Crippen LogP contribution < -0.4 is 0 Å². The van der Waals surface area contributed by atoms with E-state index in [0.29, 0.717) is 27.4 Å². The van der Waals surface area contributed by atoms with Crippen molar-refractivity contribution in [1.29, 1.82) is 0 Å². The molecule has 0 saturated heterocycles. The summed E-state index contributed by atoms with van der Waals surface area (Å²) in [6, 6.07) is 21.2. The Balaban J connectivity index is 0.000000214. The minimum absolute atomic E-state index is 0.0744. The molecule has 0 spiro atoms. The maximum absolute atomic E-state index is 12.3. The second-order valence-corrected chi connectivity index (χ2v) is 20.8. The van der Waals surface area contributed by atoms with Crippen LogP contribution in [0.5, 0.6) is 0 Å². The monoisotopic (exact) mass is 844 g/mol. The molecule has 0 fully saturated rings. The van der Waals surface area contributed by atoms with Crippen molar-refractivity contribution in [2.45, 2.75) is 32.7 Å². The van der Waals surface area contributed by atoms with Crippen molar-refractivity contribution in [3.63, 3.8) is 0 Å². The van der Waals surface area contributed by atoms with Gasteiger partial charge in [-0.15, -0.1) is 0 Å². The van der Waals surface area contributed by atoms with Gasteiger partial charge in [-0.1, -0.05) is 24.3 Å². The van der Waals surface area contributed by atoms with Crippen molar-refractivity contribution >= 4 is 73.1 Å². The van der Waals surface area contributed by atoms with Crippen molar-refractivity contribution in [2.75, 3.05) is 39.2 Å². The predicted molar refractivity (Wildman–Crippen MR) is 206 cm³/mol. The third-order valence-electron chi connectivity index (χ3n) is 8.42. The van der Waals surface area contributed by atoms with Gasteiger partial charge in [0.05, 0.1) is 57.9 Å². The lowest BCUT2D eigenvalue weighted by molar-refractivity contribution is 0.0583. The third-order valence-corrected chi connectivity index (χ3v) is 12.9. The van der Waals surface area contributed by atoms with Gasteiger partial charge in [0.15, 0.2) is 50.7 Å². The van der Waals surface area contributed by atoms with Crippen LogP contribution in [0, 0.1) is 0 Å². The zero-order chi connectivity index (χ0) is 41.4. The highest BCUT2D eigenvalue weighted by Gasteiger charge is 2.22. The zero-order valence-electron chi connectivity index (χ0n) is 30.8. The van der Waals surface area contributed by atoms with Crippen LogP contribution in [0.25, 0.3) is 21.8 Å². The first-order valence-electron chi connectivity index (χ1n) is 16.2. The number of benzene rings is 4. The normalized spacial score (nSPS) is 12.2. The number of aromatic nitrogens is 4. The number of ether oxygens (including phenoxy) is 2. The molecule has 296 valence electrons. The first-order valence-corrected chi connectivity index (χ1v) is 23.7. The van der Waals surface area contributed by atoms with E-state index in [0.717, 1.165) is 30.6 Å². The molecule has 0 saturated carbocycles. The number of esters is 2. The van der Waals surface area contributed by atoms with Crippen molar-refractivity contribution in [3.8, 4) is 0 Å². The molecule has 6 aromatic rings. The van der Waals surface area contributed by atoms with Gasteiger partial charge in [0, 0.05) is 35.8 Å². The molecule has 0 aliphatic heterocycles. The zero-order valence-corrected chi connectivity index (χ0v) is 34.1. The highest BCUT2D eigenvalue weighted by molar-refractivity contribution is 7.91. The number of carbonyl (C=O) groups excluding carboxylic acids is 2. The molecule has 4 aromatic carbocycles. The topological polar surface area (TPSA) is 225 Å². The van der Waals surface area contributed by atoms with E-state index >= 15 is 0 Å². The van der Waals surface area contributed by atoms with Crippen molar-refractivity contribution < 1.29 is 52.7 Å². The van der Waals surface area contributed by atoms with Crippen LogP contribution >= 0.6 is 0 Å². The maximum Gasteiger partial charge on any atom is 0.359 e. The van der Waals surface area contributed by atoms with Crippen molar-refractivity contribution in [1.82, 2.24) is 19.6 Å². The molecule has 0 radical (unpaired) electrons. The van der Waals surface area contributed by atoms with E-state index in [-0.39, 0.29) is 44.1 Å². The highest BCUT2D eigenvalue weighted by Crippen LogP contribution is 2.26. The van der Waals surface area contributed by atoms with Gasteiger partial charge < -0.3 is 9.47 Å². The molecule has 6 rings (SSSR count). The average Bonchev–Trinajstić information content (AvgIpc) is 3.67. The lowest BCUT2D eigenvalue weighted by Crippen LogP contribution is -2.13. The Hall–Kier alpha value is -5.44. The summed E-state index contributed by atoms with van der Waals surface area (Å²) in [7, 11) is -11.0. The van der Waals surface area contributed by atoms with Gasteiger partial charge in [0.1, 0.15) is 0 Å². The van der Waals surface area contributed by atoms with E-state index < -0.39 is 51.3 Å². The van der Waals surface area contributed by atoms with Gasteiger partial charge >= 0.3 is 11.9 Å². The summed E-state index contributed by atoms with van der Waals surface area (Å²) in [5.74, 6) is -1.24. The number of sulfone groups is 4. The summed E-state index contributed by atoms with van der Waals surface area (Å²) < 4.78 is 106. The molecule has 0 amide bonds. The second kappa shape index (κ2) is 15.6. The summed E-state index contributed by atoms with van der Waals surface area (Å²) in [5, 5.41) is 9.56. The molecule has 0 bridgehead atoms. The summed E-state index contributed by atoms with van der Waals surface area (Å²) >= 11 is 0. The maximum atomic E-state index is 12.3. The number of carbonyl (C=O) groups is 2. The quantitative estimate of drug-likeness (QED) is 0.180. The summed E-state index contributed by atoms with van der Waals surface area (Å²) in [6.07, 6.45) is 4.44. The molecular weight excluding hydrogens is 809 g/mol. The number of rotatable bonds is 10. The standard InChI is InChI=1S/2C18H18N2O6S2/c1-26-18(21)17-15-9-8-14(28(3,24)25)10-16(15)20(19-17)11-12-4-6-13(7-5-12)27(2,22)23;1-26-18(21)17-15-9-8-14(28(3,24)25)10-16(15)19-20(17)11-12-4-6-13(7-5-12)27(2,22)23/h2*4-10H,11H2,1-3H3. The van der Waals surface area contributed by atoms with Gasteiger partial charge in [-0.2, -0.15) is 10.2 Å². The Morgan fingerprint density at radius 2 is 0.929 bits per heavy atom. The number of nitrogens with zero attached hydrogens (tertiary/aromatic N) is 4. The molecule has 20 heteroatoms. The fourth-order valence-corrected chi connectivity index (χ4v) is 8.10. The first kappa shape index (κ1) is 41.7. The minimum atomic E-state index is -3.45. The van der Waals surface area contributed by atoms with Crippen molar-refractivity contribution in [3.05, 3.63) is 107 Å². The summed E-state index contributed by atoms with van der Waals surface area (Å²) in [5.41, 5.74) is 2.51. The van der Waals surface area contributed by atoms with E-state index in [2.05, 4.69) is 10.2 Å². The first-order chi connectivity index (χ1) is 26.0. The van der Waals surface area contributed by atoms with Crippen LogP contribution in [0.4, 0.5) is 0 Å². The van der Waals surface area contributed by atoms with E-state index in [1.807, 2.05) is 0 Å². The molecule has 0 N–H and O–H groups in total. The molecule has 16 nitrogen and oxygen atoms in total.